The predicted octanol–water partition coefficient (Wildman–Crippen LogP) is 2.52. The van der Waals surface area contributed by atoms with Crippen molar-refractivity contribution in [1.29, 1.82) is 0 Å². The highest BCUT2D eigenvalue weighted by Gasteiger charge is 2.39. The quantitative estimate of drug-likeness (QED) is 0.747. The summed E-state index contributed by atoms with van der Waals surface area (Å²) in [7, 11) is 0. The van der Waals surface area contributed by atoms with E-state index in [0.29, 0.717) is 6.07 Å². The van der Waals surface area contributed by atoms with Crippen LogP contribution < -0.4 is 5.73 Å². The Morgan fingerprint density at radius 1 is 1.27 bits per heavy atom. The van der Waals surface area contributed by atoms with Gasteiger partial charge in [0.1, 0.15) is 17.6 Å². The Hall–Kier alpha value is -1.01. The Balaban J connectivity index is 0.00000196. The number of alkyl halides is 3. The zero-order valence-corrected chi connectivity index (χ0v) is 8.07. The van der Waals surface area contributed by atoms with Crippen molar-refractivity contribution in [1.82, 2.24) is 0 Å². The first kappa shape index (κ1) is 14.0. The lowest BCUT2D eigenvalue weighted by Crippen LogP contribution is -2.29. The average molecular weight is 246 g/mol. The molecular weight excluding hydrogens is 238 g/mol. The summed E-state index contributed by atoms with van der Waals surface area (Å²) in [6.45, 7) is 0. The van der Waals surface area contributed by atoms with Crippen LogP contribution in [0.3, 0.4) is 0 Å². The zero-order valence-electron chi connectivity index (χ0n) is 7.25. The summed E-state index contributed by atoms with van der Waals surface area (Å²) >= 11 is 0. The number of nitrogens with two attached hydrogens (primary N) is 1. The van der Waals surface area contributed by atoms with E-state index in [1.54, 1.807) is 0 Å². The molecule has 15 heavy (non-hydrogen) atoms. The minimum atomic E-state index is -4.70. The van der Waals surface area contributed by atoms with Gasteiger partial charge in [0.15, 0.2) is 0 Å². The number of phenolic OH excluding ortho intramolecular Hbond substituents is 1. The van der Waals surface area contributed by atoms with Gasteiger partial charge in [-0.2, -0.15) is 13.2 Å². The minimum Gasteiger partial charge on any atom is -0.508 e. The second kappa shape index (κ2) is 4.67. The smallest absolute Gasteiger partial charge is 0.407 e. The molecule has 0 aliphatic carbocycles. The molecule has 1 aromatic carbocycles. The molecule has 0 aromatic heterocycles. The molecule has 2 nitrogen and oxygen atoms in total. The van der Waals surface area contributed by atoms with Crippen LogP contribution in [0.1, 0.15) is 11.6 Å². The molecule has 3 N–H and O–H groups in total. The summed E-state index contributed by atoms with van der Waals surface area (Å²) in [6.07, 6.45) is -4.70. The largest absolute Gasteiger partial charge is 0.508 e. The van der Waals surface area contributed by atoms with Crippen LogP contribution in [0.5, 0.6) is 5.75 Å². The SMILES string of the molecule is Cl.N[C@@H](c1ccc(O)cc1F)C(F)(F)F. The molecular formula is C8H8ClF4NO. The third-order valence-electron chi connectivity index (χ3n) is 1.67. The number of benzene rings is 1. The van der Waals surface area contributed by atoms with E-state index in [1.165, 1.54) is 0 Å². The number of aromatic hydroxyl groups is 1. The average Bonchev–Trinajstić information content (AvgIpc) is 2.01. The van der Waals surface area contributed by atoms with E-state index in [-0.39, 0.29) is 12.4 Å². The van der Waals surface area contributed by atoms with Crippen LogP contribution >= 0.6 is 12.4 Å². The summed E-state index contributed by atoms with van der Waals surface area (Å²) in [4.78, 5) is 0. The van der Waals surface area contributed by atoms with Gasteiger partial charge in [-0.05, 0) is 6.07 Å². The van der Waals surface area contributed by atoms with E-state index in [9.17, 15) is 17.6 Å². The van der Waals surface area contributed by atoms with Crippen LogP contribution in [0.15, 0.2) is 18.2 Å². The summed E-state index contributed by atoms with van der Waals surface area (Å²) < 4.78 is 49.1. The first-order valence-corrected chi connectivity index (χ1v) is 3.63. The highest BCUT2D eigenvalue weighted by Crippen LogP contribution is 2.32. The predicted molar refractivity (Wildman–Crippen MR) is 48.3 cm³/mol. The van der Waals surface area contributed by atoms with Gasteiger partial charge in [0.2, 0.25) is 0 Å². The molecule has 1 aromatic rings. The second-order valence-electron chi connectivity index (χ2n) is 2.73. The first-order chi connectivity index (χ1) is 6.32. The molecule has 7 heteroatoms. The van der Waals surface area contributed by atoms with Gasteiger partial charge in [-0.15, -0.1) is 12.4 Å². The van der Waals surface area contributed by atoms with Gasteiger partial charge >= 0.3 is 6.18 Å². The highest BCUT2D eigenvalue weighted by molar-refractivity contribution is 5.85. The number of phenols is 1. The van der Waals surface area contributed by atoms with Gasteiger partial charge in [0.05, 0.1) is 0 Å². The van der Waals surface area contributed by atoms with Gasteiger partial charge < -0.3 is 10.8 Å². The monoisotopic (exact) mass is 245 g/mol. The van der Waals surface area contributed by atoms with Gasteiger partial charge in [-0.25, -0.2) is 4.39 Å². The lowest BCUT2D eigenvalue weighted by molar-refractivity contribution is -0.149. The maximum absolute atomic E-state index is 12.9. The lowest BCUT2D eigenvalue weighted by atomic mass is 10.1. The molecule has 0 aliphatic heterocycles. The lowest BCUT2D eigenvalue weighted by Gasteiger charge is -2.16. The summed E-state index contributed by atoms with van der Waals surface area (Å²) in [5.74, 6) is -1.62. The highest BCUT2D eigenvalue weighted by atomic mass is 35.5. The molecule has 1 rings (SSSR count). The van der Waals surface area contributed by atoms with Crippen LogP contribution in [0.2, 0.25) is 0 Å². The molecule has 0 spiro atoms. The van der Waals surface area contributed by atoms with Crippen molar-refractivity contribution in [3.8, 4) is 5.75 Å². The van der Waals surface area contributed by atoms with E-state index in [0.717, 1.165) is 12.1 Å². The molecule has 0 radical (unpaired) electrons. The third-order valence-corrected chi connectivity index (χ3v) is 1.67. The molecule has 1 atom stereocenters. The van der Waals surface area contributed by atoms with Crippen LogP contribution in [0, 0.1) is 5.82 Å². The molecule has 0 unspecified atom stereocenters. The Morgan fingerprint density at radius 2 is 1.80 bits per heavy atom. The van der Waals surface area contributed by atoms with Crippen molar-refractivity contribution in [2.75, 3.05) is 0 Å². The topological polar surface area (TPSA) is 46.2 Å². The van der Waals surface area contributed by atoms with E-state index in [2.05, 4.69) is 0 Å². The van der Waals surface area contributed by atoms with Crippen molar-refractivity contribution in [3.05, 3.63) is 29.6 Å². The van der Waals surface area contributed by atoms with Crippen LogP contribution in [-0.2, 0) is 0 Å². The van der Waals surface area contributed by atoms with Crippen molar-refractivity contribution in [3.63, 3.8) is 0 Å². The minimum absolute atomic E-state index is 0. The molecule has 86 valence electrons. The van der Waals surface area contributed by atoms with Gasteiger partial charge in [0.25, 0.3) is 0 Å². The standard InChI is InChI=1S/C8H7F4NO.ClH/c9-6-3-4(14)1-2-5(6)7(13)8(10,11)12;/h1-3,7,14H,13H2;1H/t7-;/m0./s1. The number of hydrogen-bond acceptors (Lipinski definition) is 2. The molecule has 0 saturated heterocycles. The molecule has 0 saturated carbocycles. The Labute approximate surface area is 89.1 Å². The second-order valence-corrected chi connectivity index (χ2v) is 2.73. The van der Waals surface area contributed by atoms with Crippen LogP contribution in [-0.4, -0.2) is 11.3 Å². The summed E-state index contributed by atoms with van der Waals surface area (Å²) in [6, 6.07) is -0.0311. The first-order valence-electron chi connectivity index (χ1n) is 3.63. The van der Waals surface area contributed by atoms with Gasteiger partial charge in [-0.3, -0.25) is 0 Å². The van der Waals surface area contributed by atoms with Crippen molar-refractivity contribution in [2.45, 2.75) is 12.2 Å². The maximum atomic E-state index is 12.9. The van der Waals surface area contributed by atoms with E-state index in [4.69, 9.17) is 10.8 Å². The molecule has 0 bridgehead atoms. The maximum Gasteiger partial charge on any atom is 0.407 e. The molecule has 0 heterocycles. The fourth-order valence-electron chi connectivity index (χ4n) is 0.945. The summed E-state index contributed by atoms with van der Waals surface area (Å²) in [5, 5.41) is 8.76. The van der Waals surface area contributed by atoms with Crippen molar-refractivity contribution < 1.29 is 22.7 Å². The molecule has 0 aliphatic rings. The molecule has 0 amide bonds. The van der Waals surface area contributed by atoms with Gasteiger partial charge in [-0.1, -0.05) is 6.07 Å². The van der Waals surface area contributed by atoms with Crippen LogP contribution in [0.4, 0.5) is 17.6 Å². The summed E-state index contributed by atoms with van der Waals surface area (Å²) in [5.41, 5.74) is 4.09. The van der Waals surface area contributed by atoms with E-state index < -0.39 is 29.3 Å². The van der Waals surface area contributed by atoms with Gasteiger partial charge in [0, 0.05) is 11.6 Å². The Kier molecular flexibility index (Phi) is 4.36. The van der Waals surface area contributed by atoms with E-state index >= 15 is 0 Å². The fraction of sp³-hybridized carbons (Fsp3) is 0.250. The van der Waals surface area contributed by atoms with E-state index in [1.807, 2.05) is 0 Å². The van der Waals surface area contributed by atoms with Crippen molar-refractivity contribution in [2.24, 2.45) is 5.73 Å². The number of halogens is 5. The Bertz CT molecular complexity index is 342. The number of hydrogen-bond donors (Lipinski definition) is 2. The Morgan fingerprint density at radius 3 is 2.20 bits per heavy atom. The van der Waals surface area contributed by atoms with Crippen LogP contribution in [0.25, 0.3) is 0 Å². The third kappa shape index (κ3) is 3.24. The molecule has 0 fully saturated rings. The zero-order chi connectivity index (χ0) is 10.9. The number of rotatable bonds is 1. The normalized spacial score (nSPS) is 13.1. The van der Waals surface area contributed by atoms with Crippen molar-refractivity contribution >= 4 is 12.4 Å². The fourth-order valence-corrected chi connectivity index (χ4v) is 0.945.